The number of unbranched alkanes of at least 4 members (excludes halogenated alkanes) is 12. The quantitative estimate of drug-likeness (QED) is 0.0312. The molecule has 0 amide bonds. The van der Waals surface area contributed by atoms with Crippen LogP contribution < -0.4 is 4.89 Å². The highest BCUT2D eigenvalue weighted by Crippen LogP contribution is 2.38. The van der Waals surface area contributed by atoms with E-state index in [4.69, 9.17) is 18.5 Å². The molecule has 2 atom stereocenters. The van der Waals surface area contributed by atoms with E-state index in [0.29, 0.717) is 17.4 Å². The van der Waals surface area contributed by atoms with Crippen LogP contribution in [0.15, 0.2) is 12.2 Å². The molecule has 242 valence electrons. The minimum Gasteiger partial charge on any atom is -0.756 e. The summed E-state index contributed by atoms with van der Waals surface area (Å²) in [6.45, 7) is 4.06. The Bertz CT molecular complexity index is 738. The number of nitrogens with zero attached hydrogens (tertiary/aromatic N) is 1. The second kappa shape index (κ2) is 25.3. The predicted molar refractivity (Wildman–Crippen MR) is 162 cm³/mol. The maximum Gasteiger partial charge on any atom is 0.306 e. The Hall–Kier alpha value is -1.25. The van der Waals surface area contributed by atoms with Crippen molar-refractivity contribution in [2.45, 2.75) is 129 Å². The highest BCUT2D eigenvalue weighted by molar-refractivity contribution is 7.45. The maximum absolute atomic E-state index is 12.5. The van der Waals surface area contributed by atoms with Crippen LogP contribution in [0.2, 0.25) is 0 Å². The zero-order valence-electron chi connectivity index (χ0n) is 26.7. The van der Waals surface area contributed by atoms with Gasteiger partial charge in [0.1, 0.15) is 19.8 Å². The van der Waals surface area contributed by atoms with Gasteiger partial charge in [-0.05, 0) is 32.1 Å². The van der Waals surface area contributed by atoms with E-state index in [9.17, 15) is 19.0 Å². The Morgan fingerprint density at radius 1 is 0.732 bits per heavy atom. The van der Waals surface area contributed by atoms with Crippen molar-refractivity contribution in [2.75, 3.05) is 47.5 Å². The number of likely N-dealkylation sites (N-methyl/N-ethyl adjacent to an activating group) is 1. The third kappa shape index (κ3) is 28.6. The van der Waals surface area contributed by atoms with E-state index in [2.05, 4.69) is 26.0 Å². The van der Waals surface area contributed by atoms with Crippen molar-refractivity contribution in [1.29, 1.82) is 0 Å². The van der Waals surface area contributed by atoms with E-state index >= 15 is 0 Å². The van der Waals surface area contributed by atoms with E-state index in [-0.39, 0.29) is 26.1 Å². The molecule has 41 heavy (non-hydrogen) atoms. The summed E-state index contributed by atoms with van der Waals surface area (Å²) in [5.41, 5.74) is 0. The third-order valence-electron chi connectivity index (χ3n) is 6.52. The first kappa shape index (κ1) is 39.8. The first-order chi connectivity index (χ1) is 19.5. The summed E-state index contributed by atoms with van der Waals surface area (Å²) in [6, 6.07) is 0. The van der Waals surface area contributed by atoms with Crippen LogP contribution in [-0.4, -0.2) is 70.0 Å². The molecule has 10 heteroatoms. The first-order valence-corrected chi connectivity index (χ1v) is 17.4. The van der Waals surface area contributed by atoms with Crippen molar-refractivity contribution in [3.05, 3.63) is 12.2 Å². The molecule has 0 aromatic carbocycles. The summed E-state index contributed by atoms with van der Waals surface area (Å²) >= 11 is 0. The number of phosphoric ester groups is 1. The summed E-state index contributed by atoms with van der Waals surface area (Å²) in [4.78, 5) is 36.9. The lowest BCUT2D eigenvalue weighted by molar-refractivity contribution is -0.870. The molecule has 0 saturated carbocycles. The molecular weight excluding hydrogens is 545 g/mol. The van der Waals surface area contributed by atoms with Gasteiger partial charge in [0, 0.05) is 12.8 Å². The van der Waals surface area contributed by atoms with Gasteiger partial charge < -0.3 is 27.9 Å². The Kier molecular flexibility index (Phi) is 24.5. The Labute approximate surface area is 250 Å². The standard InChI is InChI=1S/C31H60NO8P/c1-6-8-10-12-14-15-16-18-20-22-24-31(34)40-29(28-39-41(35,36)38-26-25-32(3,4)5)27-37-30(33)23-21-19-17-13-11-9-7-2/h10,12,29H,6-9,11,13-28H2,1-5H3/b12-10-. The molecule has 0 bridgehead atoms. The number of phosphoric acid groups is 1. The van der Waals surface area contributed by atoms with E-state index < -0.39 is 32.5 Å². The largest absolute Gasteiger partial charge is 0.756 e. The number of hydrogen-bond donors (Lipinski definition) is 0. The zero-order chi connectivity index (χ0) is 30.8. The molecular formula is C31H60NO8P. The molecule has 0 saturated heterocycles. The molecule has 0 N–H and O–H groups in total. The Morgan fingerprint density at radius 3 is 1.90 bits per heavy atom. The molecule has 0 aliphatic rings. The van der Waals surface area contributed by atoms with Crippen LogP contribution in [0.4, 0.5) is 0 Å². The van der Waals surface area contributed by atoms with E-state index in [0.717, 1.165) is 57.8 Å². The predicted octanol–water partition coefficient (Wildman–Crippen LogP) is 6.88. The number of esters is 2. The minimum absolute atomic E-state index is 0.0306. The first-order valence-electron chi connectivity index (χ1n) is 15.9. The number of carbonyl (C=O) groups is 2. The number of ether oxygens (including phenoxy) is 2. The van der Waals surface area contributed by atoms with Crippen molar-refractivity contribution < 1.29 is 42.1 Å². The number of carbonyl (C=O) groups excluding carboxylic acids is 2. The highest BCUT2D eigenvalue weighted by Gasteiger charge is 2.21. The Morgan fingerprint density at radius 2 is 1.29 bits per heavy atom. The SMILES string of the molecule is CCC/C=C\CCCCCCCC(=O)OC(COC(=O)CCCCCCCCC)COP(=O)([O-])OCC[N+](C)(C)C. The zero-order valence-corrected chi connectivity index (χ0v) is 27.6. The van der Waals surface area contributed by atoms with Gasteiger partial charge in [0.25, 0.3) is 7.82 Å². The molecule has 0 rings (SSSR count). The van der Waals surface area contributed by atoms with Gasteiger partial charge in [-0.2, -0.15) is 0 Å². The molecule has 0 aromatic heterocycles. The number of allylic oxidation sites excluding steroid dienone is 2. The van der Waals surface area contributed by atoms with Crippen molar-refractivity contribution in [2.24, 2.45) is 0 Å². The smallest absolute Gasteiger partial charge is 0.306 e. The average Bonchev–Trinajstić information content (AvgIpc) is 2.90. The van der Waals surface area contributed by atoms with Gasteiger partial charge in [-0.1, -0.05) is 90.2 Å². The number of quaternary nitrogens is 1. The number of hydrogen-bond acceptors (Lipinski definition) is 8. The third-order valence-corrected chi connectivity index (χ3v) is 7.48. The van der Waals surface area contributed by atoms with Crippen LogP contribution in [0.25, 0.3) is 0 Å². The summed E-state index contributed by atoms with van der Waals surface area (Å²) in [5.74, 6) is -0.857. The van der Waals surface area contributed by atoms with Gasteiger partial charge >= 0.3 is 11.9 Å². The molecule has 0 heterocycles. The van der Waals surface area contributed by atoms with Crippen LogP contribution in [0.1, 0.15) is 123 Å². The second-order valence-electron chi connectivity index (χ2n) is 11.8. The van der Waals surface area contributed by atoms with Gasteiger partial charge in [0.05, 0.1) is 27.7 Å². The van der Waals surface area contributed by atoms with Gasteiger partial charge in [-0.3, -0.25) is 14.2 Å². The van der Waals surface area contributed by atoms with Gasteiger partial charge in [-0.25, -0.2) is 0 Å². The Balaban J connectivity index is 4.55. The topological polar surface area (TPSA) is 111 Å². The van der Waals surface area contributed by atoms with Gasteiger partial charge in [-0.15, -0.1) is 0 Å². The summed E-state index contributed by atoms with van der Waals surface area (Å²) in [7, 11) is 1.16. The van der Waals surface area contributed by atoms with Gasteiger partial charge in [0.2, 0.25) is 0 Å². The summed E-state index contributed by atoms with van der Waals surface area (Å²) in [6.07, 6.45) is 19.8. The fraction of sp³-hybridized carbons (Fsp3) is 0.871. The highest BCUT2D eigenvalue weighted by atomic mass is 31.2. The van der Waals surface area contributed by atoms with E-state index in [1.54, 1.807) is 0 Å². The molecule has 2 unspecified atom stereocenters. The lowest BCUT2D eigenvalue weighted by atomic mass is 10.1. The minimum atomic E-state index is -4.60. The summed E-state index contributed by atoms with van der Waals surface area (Å²) < 4.78 is 33.4. The monoisotopic (exact) mass is 605 g/mol. The normalized spacial score (nSPS) is 14.2. The lowest BCUT2D eigenvalue weighted by Crippen LogP contribution is -2.37. The molecule has 0 radical (unpaired) electrons. The second-order valence-corrected chi connectivity index (χ2v) is 13.2. The van der Waals surface area contributed by atoms with E-state index in [1.807, 2.05) is 21.1 Å². The van der Waals surface area contributed by atoms with Crippen molar-refractivity contribution in [1.82, 2.24) is 0 Å². The fourth-order valence-electron chi connectivity index (χ4n) is 3.95. The van der Waals surface area contributed by atoms with Crippen LogP contribution in [0.3, 0.4) is 0 Å². The fourth-order valence-corrected chi connectivity index (χ4v) is 4.68. The molecule has 0 aliphatic carbocycles. The van der Waals surface area contributed by atoms with Crippen molar-refractivity contribution >= 4 is 19.8 Å². The summed E-state index contributed by atoms with van der Waals surface area (Å²) in [5, 5.41) is 0. The molecule has 0 aliphatic heterocycles. The van der Waals surface area contributed by atoms with Crippen molar-refractivity contribution in [3.63, 3.8) is 0 Å². The molecule has 0 fully saturated rings. The van der Waals surface area contributed by atoms with Crippen LogP contribution in [0, 0.1) is 0 Å². The van der Waals surface area contributed by atoms with Crippen LogP contribution in [0.5, 0.6) is 0 Å². The lowest BCUT2D eigenvalue weighted by Gasteiger charge is -2.28. The van der Waals surface area contributed by atoms with Crippen LogP contribution >= 0.6 is 7.82 Å². The van der Waals surface area contributed by atoms with Gasteiger partial charge in [0.15, 0.2) is 6.10 Å². The molecule has 9 nitrogen and oxygen atoms in total. The molecule has 0 aromatic rings. The number of rotatable bonds is 28. The van der Waals surface area contributed by atoms with Crippen LogP contribution in [-0.2, 0) is 32.7 Å². The van der Waals surface area contributed by atoms with Crippen molar-refractivity contribution in [3.8, 4) is 0 Å². The van der Waals surface area contributed by atoms with E-state index in [1.165, 1.54) is 32.1 Å². The maximum atomic E-state index is 12.5. The molecule has 0 spiro atoms. The average molecular weight is 606 g/mol.